The summed E-state index contributed by atoms with van der Waals surface area (Å²) in [7, 11) is -3.60. The maximum absolute atomic E-state index is 14.3. The van der Waals surface area contributed by atoms with Gasteiger partial charge in [-0.2, -0.15) is 0 Å². The van der Waals surface area contributed by atoms with Gasteiger partial charge < -0.3 is 10.2 Å². The number of amides is 2. The Labute approximate surface area is 212 Å². The van der Waals surface area contributed by atoms with Crippen molar-refractivity contribution in [3.8, 4) is 0 Å². The highest BCUT2D eigenvalue weighted by molar-refractivity contribution is 7.92. The monoisotopic (exact) mass is 525 g/mol. The van der Waals surface area contributed by atoms with Crippen LogP contribution in [0.3, 0.4) is 0 Å². The largest absolute Gasteiger partial charge is 0.352 e. The van der Waals surface area contributed by atoms with E-state index in [-0.39, 0.29) is 43.8 Å². The Morgan fingerprint density at radius 1 is 1.09 bits per heavy atom. The molecule has 1 N–H and O–H groups in total. The van der Waals surface area contributed by atoms with Gasteiger partial charge >= 0.3 is 0 Å². The van der Waals surface area contributed by atoms with Gasteiger partial charge in [0.1, 0.15) is 11.9 Å². The van der Waals surface area contributed by atoms with E-state index in [1.807, 2.05) is 13.8 Å². The number of sulfonamides is 1. The predicted octanol–water partition coefficient (Wildman–Crippen LogP) is 4.36. The van der Waals surface area contributed by atoms with Crippen LogP contribution in [-0.4, -0.2) is 50.0 Å². The maximum atomic E-state index is 14.3. The second-order valence-electron chi connectivity index (χ2n) is 8.52. The van der Waals surface area contributed by atoms with Gasteiger partial charge in [-0.25, -0.2) is 12.8 Å². The lowest BCUT2D eigenvalue weighted by Gasteiger charge is -2.30. The highest BCUT2D eigenvalue weighted by Gasteiger charge is 2.28. The molecule has 0 heterocycles. The molecule has 0 aliphatic carbocycles. The molecule has 2 amide bonds. The SMILES string of the molecule is CC[C@H](C)NC(=O)[C@@H](C)N(Cc1ccccc1F)C(=O)CCCN(c1ccc(Cl)cc1)S(C)(=O)=O. The number of anilines is 1. The molecule has 0 bridgehead atoms. The second-order valence-corrected chi connectivity index (χ2v) is 10.9. The van der Waals surface area contributed by atoms with Gasteiger partial charge in [0.05, 0.1) is 11.9 Å². The minimum absolute atomic E-state index is 0.0188. The summed E-state index contributed by atoms with van der Waals surface area (Å²) in [5.41, 5.74) is 0.733. The first kappa shape index (κ1) is 28.6. The zero-order valence-corrected chi connectivity index (χ0v) is 22.1. The fraction of sp³-hybridized carbons (Fsp3) is 0.440. The Kier molecular flexibility index (Phi) is 10.5. The normalized spacial score (nSPS) is 13.1. The summed E-state index contributed by atoms with van der Waals surface area (Å²) < 4.78 is 40.2. The van der Waals surface area contributed by atoms with Crippen molar-refractivity contribution in [2.45, 2.75) is 58.7 Å². The van der Waals surface area contributed by atoms with Crippen LogP contribution in [0.2, 0.25) is 5.02 Å². The van der Waals surface area contributed by atoms with Crippen molar-refractivity contribution < 1.29 is 22.4 Å². The lowest BCUT2D eigenvalue weighted by molar-refractivity contribution is -0.141. The van der Waals surface area contributed by atoms with E-state index in [4.69, 9.17) is 11.6 Å². The zero-order valence-electron chi connectivity index (χ0n) is 20.5. The first-order valence-corrected chi connectivity index (χ1v) is 13.7. The summed E-state index contributed by atoms with van der Waals surface area (Å²) in [6.45, 7) is 5.39. The van der Waals surface area contributed by atoms with Crippen LogP contribution >= 0.6 is 11.6 Å². The van der Waals surface area contributed by atoms with Gasteiger partial charge in [0, 0.05) is 36.1 Å². The number of benzene rings is 2. The molecular weight excluding hydrogens is 493 g/mol. The number of nitrogens with zero attached hydrogens (tertiary/aromatic N) is 2. The topological polar surface area (TPSA) is 86.8 Å². The van der Waals surface area contributed by atoms with E-state index >= 15 is 0 Å². The molecule has 0 fully saturated rings. The molecule has 10 heteroatoms. The standard InChI is InChI=1S/C25H33ClFN3O4S/c1-5-18(2)28-25(32)19(3)29(17-20-9-6-7-10-23(20)27)24(31)11-8-16-30(35(4,33)34)22-14-12-21(26)13-15-22/h6-7,9-10,12-15,18-19H,5,8,11,16-17H2,1-4H3,(H,28,32)/t18-,19+/m0/s1. The maximum Gasteiger partial charge on any atom is 0.242 e. The lowest BCUT2D eigenvalue weighted by atomic mass is 10.1. The Morgan fingerprint density at radius 3 is 2.29 bits per heavy atom. The number of hydrogen-bond donors (Lipinski definition) is 1. The first-order chi connectivity index (χ1) is 16.4. The van der Waals surface area contributed by atoms with Crippen LogP contribution in [0.5, 0.6) is 0 Å². The van der Waals surface area contributed by atoms with Gasteiger partial charge in [-0.1, -0.05) is 36.7 Å². The van der Waals surface area contributed by atoms with Crippen molar-refractivity contribution in [2.24, 2.45) is 0 Å². The van der Waals surface area contributed by atoms with Gasteiger partial charge in [-0.05, 0) is 57.0 Å². The molecule has 0 aliphatic rings. The molecule has 0 radical (unpaired) electrons. The average molecular weight is 526 g/mol. The number of hydrogen-bond acceptors (Lipinski definition) is 4. The van der Waals surface area contributed by atoms with Crippen molar-refractivity contribution in [1.82, 2.24) is 10.2 Å². The smallest absolute Gasteiger partial charge is 0.242 e. The third-order valence-corrected chi connectivity index (χ3v) is 7.18. The predicted molar refractivity (Wildman–Crippen MR) is 137 cm³/mol. The summed E-state index contributed by atoms with van der Waals surface area (Å²) in [5.74, 6) is -1.17. The molecule has 0 spiro atoms. The molecule has 2 aromatic carbocycles. The van der Waals surface area contributed by atoms with Crippen LogP contribution in [0.15, 0.2) is 48.5 Å². The van der Waals surface area contributed by atoms with E-state index in [9.17, 15) is 22.4 Å². The van der Waals surface area contributed by atoms with Crippen molar-refractivity contribution in [3.63, 3.8) is 0 Å². The third kappa shape index (κ3) is 8.50. The van der Waals surface area contributed by atoms with Crippen LogP contribution in [0.4, 0.5) is 10.1 Å². The molecule has 0 aromatic heterocycles. The molecule has 0 saturated heterocycles. The molecule has 0 aliphatic heterocycles. The Bertz CT molecular complexity index is 1110. The fourth-order valence-corrected chi connectivity index (χ4v) is 4.56. The molecular formula is C25H33ClFN3O4S. The first-order valence-electron chi connectivity index (χ1n) is 11.5. The number of halogens is 2. The van der Waals surface area contributed by atoms with Gasteiger partial charge in [0.15, 0.2) is 0 Å². The van der Waals surface area contributed by atoms with E-state index in [0.29, 0.717) is 16.3 Å². The Hall–Kier alpha value is -2.65. The zero-order chi connectivity index (χ0) is 26.2. The molecule has 0 unspecified atom stereocenters. The molecule has 0 saturated carbocycles. The van der Waals surface area contributed by atoms with E-state index in [0.717, 1.165) is 12.7 Å². The van der Waals surface area contributed by atoms with Crippen LogP contribution in [0, 0.1) is 5.82 Å². The van der Waals surface area contributed by atoms with Crippen molar-refractivity contribution in [1.29, 1.82) is 0 Å². The Morgan fingerprint density at radius 2 is 1.71 bits per heavy atom. The molecule has 7 nitrogen and oxygen atoms in total. The van der Waals surface area contributed by atoms with E-state index in [2.05, 4.69) is 5.32 Å². The highest BCUT2D eigenvalue weighted by Crippen LogP contribution is 2.21. The number of rotatable bonds is 12. The van der Waals surface area contributed by atoms with E-state index in [1.54, 1.807) is 49.4 Å². The number of carbonyl (C=O) groups is 2. The minimum Gasteiger partial charge on any atom is -0.352 e. The van der Waals surface area contributed by atoms with E-state index < -0.39 is 21.9 Å². The molecule has 2 atom stereocenters. The van der Waals surface area contributed by atoms with Crippen molar-refractivity contribution in [3.05, 3.63) is 64.9 Å². The molecule has 35 heavy (non-hydrogen) atoms. The quantitative estimate of drug-likeness (QED) is 0.446. The summed E-state index contributed by atoms with van der Waals surface area (Å²) >= 11 is 5.91. The van der Waals surface area contributed by atoms with Gasteiger partial charge in [-0.15, -0.1) is 0 Å². The summed E-state index contributed by atoms with van der Waals surface area (Å²) in [5, 5.41) is 3.34. The second kappa shape index (κ2) is 12.9. The number of nitrogens with one attached hydrogen (secondary N) is 1. The van der Waals surface area contributed by atoms with Gasteiger partial charge in [0.25, 0.3) is 0 Å². The number of carbonyl (C=O) groups excluding carboxylic acids is 2. The van der Waals surface area contributed by atoms with Crippen LogP contribution in [-0.2, 0) is 26.2 Å². The lowest BCUT2D eigenvalue weighted by Crippen LogP contribution is -2.49. The molecule has 192 valence electrons. The van der Waals surface area contributed by atoms with Crippen molar-refractivity contribution >= 4 is 39.1 Å². The highest BCUT2D eigenvalue weighted by atomic mass is 35.5. The van der Waals surface area contributed by atoms with E-state index in [1.165, 1.54) is 15.3 Å². The van der Waals surface area contributed by atoms with Crippen molar-refractivity contribution in [2.75, 3.05) is 17.1 Å². The van der Waals surface area contributed by atoms with Crippen LogP contribution in [0.1, 0.15) is 45.6 Å². The fourth-order valence-electron chi connectivity index (χ4n) is 3.47. The summed E-state index contributed by atoms with van der Waals surface area (Å²) in [6, 6.07) is 11.6. The summed E-state index contributed by atoms with van der Waals surface area (Å²) in [4.78, 5) is 27.3. The van der Waals surface area contributed by atoms with Gasteiger partial charge in [-0.3, -0.25) is 13.9 Å². The molecule has 2 aromatic rings. The van der Waals surface area contributed by atoms with Crippen LogP contribution in [0.25, 0.3) is 0 Å². The third-order valence-electron chi connectivity index (χ3n) is 5.73. The van der Waals surface area contributed by atoms with Gasteiger partial charge in [0.2, 0.25) is 21.8 Å². The minimum atomic E-state index is -3.60. The molecule has 2 rings (SSSR count). The van der Waals surface area contributed by atoms with Crippen LogP contribution < -0.4 is 9.62 Å². The average Bonchev–Trinajstić information content (AvgIpc) is 2.80. The summed E-state index contributed by atoms with van der Waals surface area (Å²) in [6.07, 6.45) is 2.01. The Balaban J connectivity index is 2.18.